The molecule has 0 amide bonds. The molecule has 0 atom stereocenters. The van der Waals surface area contributed by atoms with E-state index in [9.17, 15) is 0 Å². The summed E-state index contributed by atoms with van der Waals surface area (Å²) in [6.45, 7) is 5.31. The molecular formula is C26H34N4O2. The fourth-order valence-electron chi connectivity index (χ4n) is 4.57. The van der Waals surface area contributed by atoms with Gasteiger partial charge in [0.25, 0.3) is 0 Å². The molecule has 3 aromatic rings. The van der Waals surface area contributed by atoms with Crippen molar-refractivity contribution in [2.75, 3.05) is 40.5 Å². The Balaban J connectivity index is 1.37. The van der Waals surface area contributed by atoms with Crippen LogP contribution in [0.4, 0.5) is 0 Å². The maximum absolute atomic E-state index is 5.67. The molecule has 6 heteroatoms. The van der Waals surface area contributed by atoms with Crippen molar-refractivity contribution in [1.82, 2.24) is 15.6 Å². The molecular weight excluding hydrogens is 400 g/mol. The Bertz CT molecular complexity index is 1050. The molecule has 0 unspecified atom stereocenters. The molecule has 0 radical (unpaired) electrons. The molecule has 0 spiro atoms. The minimum atomic E-state index is 0.0246. The Morgan fingerprint density at radius 2 is 1.91 bits per heavy atom. The molecule has 2 heterocycles. The minimum Gasteiger partial charge on any atom is -0.497 e. The number of aryl methyl sites for hydroxylation is 1. The number of rotatable bonds is 7. The Morgan fingerprint density at radius 3 is 2.62 bits per heavy atom. The zero-order chi connectivity index (χ0) is 22.4. The first kappa shape index (κ1) is 22.2. The first-order chi connectivity index (χ1) is 15.6. The van der Waals surface area contributed by atoms with E-state index in [2.05, 4.69) is 64.1 Å². The van der Waals surface area contributed by atoms with E-state index in [1.54, 1.807) is 7.11 Å². The van der Waals surface area contributed by atoms with Crippen molar-refractivity contribution in [3.8, 4) is 5.75 Å². The topological polar surface area (TPSA) is 70.7 Å². The number of aromatic nitrogens is 1. The largest absolute Gasteiger partial charge is 0.497 e. The van der Waals surface area contributed by atoms with E-state index in [1.807, 2.05) is 19.2 Å². The maximum Gasteiger partial charge on any atom is 0.191 e. The van der Waals surface area contributed by atoms with Gasteiger partial charge < -0.3 is 25.1 Å². The van der Waals surface area contributed by atoms with Gasteiger partial charge in [-0.05, 0) is 61.1 Å². The van der Waals surface area contributed by atoms with Crippen LogP contribution in [0, 0.1) is 6.92 Å². The summed E-state index contributed by atoms with van der Waals surface area (Å²) < 4.78 is 11.0. The fourth-order valence-corrected chi connectivity index (χ4v) is 4.57. The van der Waals surface area contributed by atoms with Crippen molar-refractivity contribution in [2.24, 2.45) is 4.99 Å². The lowest BCUT2D eigenvalue weighted by atomic mass is 9.74. The lowest BCUT2D eigenvalue weighted by Gasteiger charge is -2.38. The highest BCUT2D eigenvalue weighted by Gasteiger charge is 2.34. The van der Waals surface area contributed by atoms with Gasteiger partial charge in [0, 0.05) is 55.9 Å². The standard InChI is InChI=1S/C26H34N4O2/c1-19-4-9-23-20(17-29-24(23)16-19)10-13-28-25(27-2)30-18-26(11-14-32-15-12-26)21-5-7-22(31-3)8-6-21/h4-9,16-17,29H,10-15,18H2,1-3H3,(H2,27,28,30). The van der Waals surface area contributed by atoms with E-state index >= 15 is 0 Å². The van der Waals surface area contributed by atoms with Crippen LogP contribution in [-0.2, 0) is 16.6 Å². The fraction of sp³-hybridized carbons (Fsp3) is 0.423. The van der Waals surface area contributed by atoms with E-state index in [-0.39, 0.29) is 5.41 Å². The highest BCUT2D eigenvalue weighted by Crippen LogP contribution is 2.35. The number of nitrogens with one attached hydrogen (secondary N) is 3. The first-order valence-corrected chi connectivity index (χ1v) is 11.4. The van der Waals surface area contributed by atoms with Gasteiger partial charge in [0.05, 0.1) is 7.11 Å². The molecule has 1 aliphatic heterocycles. The summed E-state index contributed by atoms with van der Waals surface area (Å²) in [5.74, 6) is 1.72. The van der Waals surface area contributed by atoms with Gasteiger partial charge in [0.2, 0.25) is 0 Å². The van der Waals surface area contributed by atoms with Gasteiger partial charge in [-0.1, -0.05) is 24.3 Å². The third-order valence-electron chi connectivity index (χ3n) is 6.58. The summed E-state index contributed by atoms with van der Waals surface area (Å²) in [6.07, 6.45) is 5.01. The number of hydrogen-bond acceptors (Lipinski definition) is 3. The number of methoxy groups -OCH3 is 1. The third-order valence-corrected chi connectivity index (χ3v) is 6.58. The lowest BCUT2D eigenvalue weighted by molar-refractivity contribution is 0.0513. The van der Waals surface area contributed by atoms with Crippen LogP contribution < -0.4 is 15.4 Å². The summed E-state index contributed by atoms with van der Waals surface area (Å²) in [7, 11) is 3.53. The number of hydrogen-bond donors (Lipinski definition) is 3. The smallest absolute Gasteiger partial charge is 0.191 e. The van der Waals surface area contributed by atoms with Crippen LogP contribution >= 0.6 is 0 Å². The van der Waals surface area contributed by atoms with E-state index in [1.165, 1.54) is 27.6 Å². The lowest BCUT2D eigenvalue weighted by Crippen LogP contribution is -2.48. The average Bonchev–Trinajstić information content (AvgIpc) is 3.23. The van der Waals surface area contributed by atoms with Gasteiger partial charge in [-0.15, -0.1) is 0 Å². The number of fused-ring (bicyclic) bond motifs is 1. The Kier molecular flexibility index (Phi) is 7.00. The Labute approximate surface area is 190 Å². The summed E-state index contributed by atoms with van der Waals surface area (Å²) in [5, 5.41) is 8.35. The molecule has 170 valence electrons. The van der Waals surface area contributed by atoms with Crippen LogP contribution in [0.2, 0.25) is 0 Å². The van der Waals surface area contributed by atoms with Gasteiger partial charge in [0.1, 0.15) is 5.75 Å². The zero-order valence-corrected chi connectivity index (χ0v) is 19.3. The number of guanidine groups is 1. The van der Waals surface area contributed by atoms with E-state index in [0.29, 0.717) is 0 Å². The van der Waals surface area contributed by atoms with Gasteiger partial charge in [-0.3, -0.25) is 4.99 Å². The van der Waals surface area contributed by atoms with Crippen molar-refractivity contribution in [2.45, 2.75) is 31.6 Å². The van der Waals surface area contributed by atoms with Gasteiger partial charge in [-0.25, -0.2) is 0 Å². The summed E-state index contributed by atoms with van der Waals surface area (Å²) in [4.78, 5) is 7.84. The molecule has 0 aliphatic carbocycles. The molecule has 2 aromatic carbocycles. The SMILES string of the molecule is CN=C(NCCc1c[nH]c2cc(C)ccc12)NCC1(c2ccc(OC)cc2)CCOCC1. The number of benzene rings is 2. The summed E-state index contributed by atoms with van der Waals surface area (Å²) in [5.41, 5.74) is 5.13. The molecule has 4 rings (SSSR count). The summed E-state index contributed by atoms with van der Waals surface area (Å²) in [6, 6.07) is 15.0. The number of aromatic amines is 1. The summed E-state index contributed by atoms with van der Waals surface area (Å²) >= 11 is 0. The predicted octanol–water partition coefficient (Wildman–Crippen LogP) is 3.94. The zero-order valence-electron chi connectivity index (χ0n) is 19.3. The quantitative estimate of drug-likeness (QED) is 0.389. The van der Waals surface area contributed by atoms with Crippen LogP contribution in [0.25, 0.3) is 10.9 Å². The number of aliphatic imine (C=N–C) groups is 1. The second-order valence-electron chi connectivity index (χ2n) is 8.59. The third kappa shape index (κ3) is 4.91. The minimum absolute atomic E-state index is 0.0246. The van der Waals surface area contributed by atoms with Crippen LogP contribution in [-0.4, -0.2) is 51.4 Å². The Morgan fingerprint density at radius 1 is 1.12 bits per heavy atom. The second kappa shape index (κ2) is 10.1. The molecule has 0 saturated carbocycles. The average molecular weight is 435 g/mol. The molecule has 1 aliphatic rings. The molecule has 6 nitrogen and oxygen atoms in total. The van der Waals surface area contributed by atoms with Crippen molar-refractivity contribution < 1.29 is 9.47 Å². The molecule has 1 aromatic heterocycles. The van der Waals surface area contributed by atoms with Crippen molar-refractivity contribution in [3.63, 3.8) is 0 Å². The normalized spacial score (nSPS) is 16.2. The number of nitrogens with zero attached hydrogens (tertiary/aromatic N) is 1. The van der Waals surface area contributed by atoms with E-state index < -0.39 is 0 Å². The first-order valence-electron chi connectivity index (χ1n) is 11.4. The monoisotopic (exact) mass is 434 g/mol. The Hall–Kier alpha value is -2.99. The van der Waals surface area contributed by atoms with E-state index in [0.717, 1.165) is 57.3 Å². The highest BCUT2D eigenvalue weighted by molar-refractivity contribution is 5.84. The van der Waals surface area contributed by atoms with E-state index in [4.69, 9.17) is 9.47 Å². The van der Waals surface area contributed by atoms with Crippen LogP contribution in [0.15, 0.2) is 53.7 Å². The van der Waals surface area contributed by atoms with Crippen molar-refractivity contribution in [3.05, 3.63) is 65.4 Å². The van der Waals surface area contributed by atoms with Crippen molar-refractivity contribution >= 4 is 16.9 Å². The maximum atomic E-state index is 5.67. The molecule has 0 bridgehead atoms. The predicted molar refractivity (Wildman–Crippen MR) is 131 cm³/mol. The van der Waals surface area contributed by atoms with Crippen LogP contribution in [0.3, 0.4) is 0 Å². The van der Waals surface area contributed by atoms with Crippen LogP contribution in [0.1, 0.15) is 29.5 Å². The molecule has 32 heavy (non-hydrogen) atoms. The van der Waals surface area contributed by atoms with Crippen molar-refractivity contribution in [1.29, 1.82) is 0 Å². The molecule has 3 N–H and O–H groups in total. The number of ether oxygens (including phenoxy) is 2. The highest BCUT2D eigenvalue weighted by atomic mass is 16.5. The van der Waals surface area contributed by atoms with Crippen LogP contribution in [0.5, 0.6) is 5.75 Å². The van der Waals surface area contributed by atoms with Gasteiger partial charge in [-0.2, -0.15) is 0 Å². The van der Waals surface area contributed by atoms with Gasteiger partial charge in [0.15, 0.2) is 5.96 Å². The van der Waals surface area contributed by atoms with Gasteiger partial charge >= 0.3 is 0 Å². The molecule has 1 saturated heterocycles. The second-order valence-corrected chi connectivity index (χ2v) is 8.59. The molecule has 1 fully saturated rings. The number of H-pyrrole nitrogens is 1.